The van der Waals surface area contributed by atoms with E-state index < -0.39 is 10.0 Å². The Bertz CT molecular complexity index is 578. The van der Waals surface area contributed by atoms with Crippen molar-refractivity contribution >= 4 is 33.2 Å². The quantitative estimate of drug-likeness (QED) is 0.860. The SMILES string of the molecule is COCC(C)N(C)S(=O)(=O)c1cc(Cl)cc(CN)c1Cl. The zero-order chi connectivity index (χ0) is 15.5. The van der Waals surface area contributed by atoms with E-state index in [0.29, 0.717) is 5.56 Å². The minimum atomic E-state index is -3.76. The third kappa shape index (κ3) is 3.63. The summed E-state index contributed by atoms with van der Waals surface area (Å²) in [5.41, 5.74) is 6.04. The molecule has 8 heteroatoms. The molecular weight excluding hydrogens is 323 g/mol. The van der Waals surface area contributed by atoms with Crippen LogP contribution in [0.3, 0.4) is 0 Å². The normalized spacial score (nSPS) is 13.8. The maximum Gasteiger partial charge on any atom is 0.244 e. The van der Waals surface area contributed by atoms with Crippen molar-refractivity contribution in [1.29, 1.82) is 0 Å². The lowest BCUT2D eigenvalue weighted by Crippen LogP contribution is -2.38. The number of sulfonamides is 1. The minimum absolute atomic E-state index is 0.0439. The van der Waals surface area contributed by atoms with Gasteiger partial charge in [-0.05, 0) is 24.6 Å². The lowest BCUT2D eigenvalue weighted by Gasteiger charge is -2.24. The van der Waals surface area contributed by atoms with Crippen molar-refractivity contribution in [2.75, 3.05) is 20.8 Å². The van der Waals surface area contributed by atoms with Crippen LogP contribution >= 0.6 is 23.2 Å². The summed E-state index contributed by atoms with van der Waals surface area (Å²) in [5, 5.41) is 0.384. The molecule has 0 radical (unpaired) electrons. The topological polar surface area (TPSA) is 72.6 Å². The Morgan fingerprint density at radius 3 is 2.50 bits per heavy atom. The lowest BCUT2D eigenvalue weighted by atomic mass is 10.2. The first-order valence-corrected chi connectivity index (χ1v) is 8.10. The lowest BCUT2D eigenvalue weighted by molar-refractivity contribution is 0.149. The third-order valence-corrected chi connectivity index (χ3v) is 5.76. The largest absolute Gasteiger partial charge is 0.383 e. The molecule has 1 unspecified atom stereocenters. The molecule has 1 aromatic carbocycles. The molecule has 0 aliphatic heterocycles. The predicted octanol–water partition coefficient (Wildman–Crippen LogP) is 2.11. The summed E-state index contributed by atoms with van der Waals surface area (Å²) < 4.78 is 31.3. The molecule has 0 aliphatic carbocycles. The van der Waals surface area contributed by atoms with Crippen LogP contribution in [0.2, 0.25) is 10.0 Å². The van der Waals surface area contributed by atoms with Gasteiger partial charge in [0.15, 0.2) is 0 Å². The Balaban J connectivity index is 3.32. The monoisotopic (exact) mass is 340 g/mol. The Kier molecular flexibility index (Phi) is 6.25. The molecule has 0 saturated heterocycles. The molecular formula is C12H18Cl2N2O3S. The van der Waals surface area contributed by atoms with E-state index in [1.165, 1.54) is 24.5 Å². The van der Waals surface area contributed by atoms with E-state index in [4.69, 9.17) is 33.7 Å². The van der Waals surface area contributed by atoms with Crippen molar-refractivity contribution in [3.63, 3.8) is 0 Å². The fraction of sp³-hybridized carbons (Fsp3) is 0.500. The molecule has 2 N–H and O–H groups in total. The van der Waals surface area contributed by atoms with E-state index >= 15 is 0 Å². The molecule has 1 aromatic rings. The van der Waals surface area contributed by atoms with Gasteiger partial charge in [0.1, 0.15) is 4.90 Å². The summed E-state index contributed by atoms with van der Waals surface area (Å²) in [7, 11) is -0.784. The van der Waals surface area contributed by atoms with Crippen LogP contribution in [0.5, 0.6) is 0 Å². The number of hydrogen-bond acceptors (Lipinski definition) is 4. The molecule has 0 spiro atoms. The summed E-state index contributed by atoms with van der Waals surface area (Å²) in [6.45, 7) is 2.13. The smallest absolute Gasteiger partial charge is 0.244 e. The number of nitrogens with zero attached hydrogens (tertiary/aromatic N) is 1. The Labute approximate surface area is 129 Å². The number of hydrogen-bond donors (Lipinski definition) is 1. The number of halogens is 2. The number of nitrogens with two attached hydrogens (primary N) is 1. The number of likely N-dealkylation sites (N-methyl/N-ethyl adjacent to an activating group) is 1. The summed E-state index contributed by atoms with van der Waals surface area (Å²) in [6.07, 6.45) is 0. The maximum atomic E-state index is 12.6. The van der Waals surface area contributed by atoms with Crippen LogP contribution in [0.1, 0.15) is 12.5 Å². The van der Waals surface area contributed by atoms with Crippen molar-refractivity contribution in [3.05, 3.63) is 27.7 Å². The van der Waals surface area contributed by atoms with Gasteiger partial charge in [-0.15, -0.1) is 0 Å². The standard InChI is InChI=1S/C12H18Cl2N2O3S/c1-8(7-19-3)16(2)20(17,18)11-5-10(13)4-9(6-15)12(11)14/h4-5,8H,6-7,15H2,1-3H3. The Morgan fingerprint density at radius 1 is 1.40 bits per heavy atom. The van der Waals surface area contributed by atoms with E-state index in [9.17, 15) is 8.42 Å². The fourth-order valence-electron chi connectivity index (χ4n) is 1.69. The molecule has 114 valence electrons. The number of methoxy groups -OCH3 is 1. The molecule has 5 nitrogen and oxygen atoms in total. The van der Waals surface area contributed by atoms with Crippen LogP contribution in [-0.2, 0) is 21.3 Å². The third-order valence-electron chi connectivity index (χ3n) is 2.98. The minimum Gasteiger partial charge on any atom is -0.383 e. The van der Waals surface area contributed by atoms with Crippen molar-refractivity contribution in [1.82, 2.24) is 4.31 Å². The van der Waals surface area contributed by atoms with Crippen molar-refractivity contribution in [2.45, 2.75) is 24.4 Å². The molecule has 0 aliphatic rings. The second-order valence-electron chi connectivity index (χ2n) is 4.41. The van der Waals surface area contributed by atoms with Crippen LogP contribution in [0.25, 0.3) is 0 Å². The van der Waals surface area contributed by atoms with Gasteiger partial charge in [0.2, 0.25) is 10.0 Å². The molecule has 0 aromatic heterocycles. The first kappa shape index (κ1) is 17.7. The van der Waals surface area contributed by atoms with Gasteiger partial charge in [0.25, 0.3) is 0 Å². The first-order chi connectivity index (χ1) is 9.25. The van der Waals surface area contributed by atoms with Gasteiger partial charge < -0.3 is 10.5 Å². The highest BCUT2D eigenvalue weighted by atomic mass is 35.5. The number of rotatable bonds is 6. The molecule has 0 heterocycles. The van der Waals surface area contributed by atoms with E-state index in [2.05, 4.69) is 0 Å². The van der Waals surface area contributed by atoms with Gasteiger partial charge in [-0.3, -0.25) is 0 Å². The first-order valence-electron chi connectivity index (χ1n) is 5.90. The Morgan fingerprint density at radius 2 is 2.00 bits per heavy atom. The van der Waals surface area contributed by atoms with Crippen LogP contribution < -0.4 is 5.73 Å². The van der Waals surface area contributed by atoms with Crippen molar-refractivity contribution in [3.8, 4) is 0 Å². The van der Waals surface area contributed by atoms with Crippen LogP contribution in [0.4, 0.5) is 0 Å². The highest BCUT2D eigenvalue weighted by Gasteiger charge is 2.28. The molecule has 0 fully saturated rings. The van der Waals surface area contributed by atoms with Gasteiger partial charge in [0, 0.05) is 31.8 Å². The van der Waals surface area contributed by atoms with Gasteiger partial charge in [-0.2, -0.15) is 4.31 Å². The highest BCUT2D eigenvalue weighted by Crippen LogP contribution is 2.31. The van der Waals surface area contributed by atoms with E-state index in [0.717, 1.165) is 0 Å². The van der Waals surface area contributed by atoms with E-state index in [1.54, 1.807) is 13.0 Å². The van der Waals surface area contributed by atoms with E-state index in [1.807, 2.05) is 0 Å². The zero-order valence-electron chi connectivity index (χ0n) is 11.6. The summed E-state index contributed by atoms with van der Waals surface area (Å²) in [4.78, 5) is -0.0439. The van der Waals surface area contributed by atoms with Gasteiger partial charge >= 0.3 is 0 Å². The number of benzene rings is 1. The van der Waals surface area contributed by atoms with Gasteiger partial charge in [-0.25, -0.2) is 8.42 Å². The van der Waals surface area contributed by atoms with Crippen LogP contribution in [0, 0.1) is 0 Å². The van der Waals surface area contributed by atoms with Crippen LogP contribution in [-0.4, -0.2) is 39.5 Å². The fourth-order valence-corrected chi connectivity index (χ4v) is 3.96. The van der Waals surface area contributed by atoms with E-state index in [-0.39, 0.29) is 34.1 Å². The second kappa shape index (κ2) is 7.06. The van der Waals surface area contributed by atoms with Crippen LogP contribution in [0.15, 0.2) is 17.0 Å². The predicted molar refractivity (Wildman–Crippen MR) is 80.6 cm³/mol. The second-order valence-corrected chi connectivity index (χ2v) is 7.19. The summed E-state index contributed by atoms with van der Waals surface area (Å²) >= 11 is 12.0. The highest BCUT2D eigenvalue weighted by molar-refractivity contribution is 7.89. The van der Waals surface area contributed by atoms with Crippen molar-refractivity contribution < 1.29 is 13.2 Å². The average Bonchev–Trinajstić information content (AvgIpc) is 2.40. The van der Waals surface area contributed by atoms with Gasteiger partial charge in [-0.1, -0.05) is 23.2 Å². The molecule has 0 amide bonds. The zero-order valence-corrected chi connectivity index (χ0v) is 13.9. The number of ether oxygens (including phenoxy) is 1. The summed E-state index contributed by atoms with van der Waals surface area (Å²) in [5.74, 6) is 0. The molecule has 0 bridgehead atoms. The average molecular weight is 341 g/mol. The molecule has 1 atom stereocenters. The Hall–Kier alpha value is -0.370. The summed E-state index contributed by atoms with van der Waals surface area (Å²) in [6, 6.07) is 2.55. The molecule has 1 rings (SSSR count). The molecule has 0 saturated carbocycles. The maximum absolute atomic E-state index is 12.6. The van der Waals surface area contributed by atoms with Gasteiger partial charge in [0.05, 0.1) is 11.6 Å². The van der Waals surface area contributed by atoms with Crippen molar-refractivity contribution in [2.24, 2.45) is 5.73 Å². The molecule has 20 heavy (non-hydrogen) atoms.